The summed E-state index contributed by atoms with van der Waals surface area (Å²) in [5, 5.41) is 10.7. The Morgan fingerprint density at radius 2 is 2.29 bits per heavy atom. The third-order valence-electron chi connectivity index (χ3n) is 2.50. The molecule has 2 aromatic rings. The monoisotopic (exact) mass is 252 g/mol. The highest BCUT2D eigenvalue weighted by molar-refractivity contribution is 6.70. The van der Waals surface area contributed by atoms with Crippen LogP contribution in [0, 0.1) is 11.2 Å². The summed E-state index contributed by atoms with van der Waals surface area (Å²) in [4.78, 5) is 6.71. The minimum atomic E-state index is -0.407. The highest BCUT2D eigenvalue weighted by atomic mass is 35.5. The zero-order valence-corrected chi connectivity index (χ0v) is 9.82. The molecule has 17 heavy (non-hydrogen) atoms. The summed E-state index contributed by atoms with van der Waals surface area (Å²) in [7, 11) is 1.68. The zero-order valence-electron chi connectivity index (χ0n) is 9.06. The highest BCUT2D eigenvalue weighted by Gasteiger charge is 2.16. The first-order chi connectivity index (χ1) is 8.08. The van der Waals surface area contributed by atoms with Crippen LogP contribution in [-0.4, -0.2) is 23.9 Å². The zero-order chi connectivity index (χ0) is 12.6. The van der Waals surface area contributed by atoms with Crippen molar-refractivity contribution in [2.45, 2.75) is 0 Å². The summed E-state index contributed by atoms with van der Waals surface area (Å²) >= 11 is 5.69. The van der Waals surface area contributed by atoms with Crippen LogP contribution in [0.3, 0.4) is 0 Å². The van der Waals surface area contributed by atoms with Gasteiger partial charge in [-0.3, -0.25) is 5.41 Å². The van der Waals surface area contributed by atoms with Crippen LogP contribution in [0.25, 0.3) is 10.9 Å². The lowest BCUT2D eigenvalue weighted by atomic mass is 10.1. The lowest BCUT2D eigenvalue weighted by Gasteiger charge is -2.02. The SMILES string of the molecule is C=Nc1[nH]c2c(NC)cc(F)cc2c1C(=N)Cl. The van der Waals surface area contributed by atoms with Crippen molar-refractivity contribution in [2.24, 2.45) is 4.99 Å². The first-order valence-electron chi connectivity index (χ1n) is 4.82. The molecule has 0 aliphatic rings. The van der Waals surface area contributed by atoms with Gasteiger partial charge in [0, 0.05) is 12.4 Å². The fraction of sp³-hybridized carbons (Fsp3) is 0.0909. The molecule has 0 amide bonds. The number of rotatable bonds is 3. The van der Waals surface area contributed by atoms with E-state index in [4.69, 9.17) is 17.0 Å². The second-order valence-corrected chi connectivity index (χ2v) is 3.82. The minimum Gasteiger partial charge on any atom is -0.386 e. The molecule has 0 saturated carbocycles. The van der Waals surface area contributed by atoms with Crippen molar-refractivity contribution in [1.82, 2.24) is 4.98 Å². The molecule has 0 aliphatic carbocycles. The van der Waals surface area contributed by atoms with Crippen molar-refractivity contribution in [2.75, 3.05) is 12.4 Å². The van der Waals surface area contributed by atoms with Crippen LogP contribution in [0.15, 0.2) is 17.1 Å². The summed E-state index contributed by atoms with van der Waals surface area (Å²) in [5.74, 6) is -0.0438. The van der Waals surface area contributed by atoms with Crippen molar-refractivity contribution in [3.05, 3.63) is 23.5 Å². The predicted molar refractivity (Wildman–Crippen MR) is 69.7 cm³/mol. The van der Waals surface area contributed by atoms with Gasteiger partial charge >= 0.3 is 0 Å². The fourth-order valence-corrected chi connectivity index (χ4v) is 1.98. The fourth-order valence-electron chi connectivity index (χ4n) is 1.79. The average molecular weight is 253 g/mol. The maximum atomic E-state index is 13.4. The molecular formula is C11H10ClFN4. The van der Waals surface area contributed by atoms with E-state index in [1.165, 1.54) is 12.1 Å². The maximum absolute atomic E-state index is 13.4. The van der Waals surface area contributed by atoms with Crippen LogP contribution >= 0.6 is 11.6 Å². The molecule has 6 heteroatoms. The smallest absolute Gasteiger partial charge is 0.140 e. The summed E-state index contributed by atoms with van der Waals surface area (Å²) < 4.78 is 13.4. The van der Waals surface area contributed by atoms with E-state index >= 15 is 0 Å². The van der Waals surface area contributed by atoms with Gasteiger partial charge in [-0.15, -0.1) is 0 Å². The van der Waals surface area contributed by atoms with Gasteiger partial charge in [0.1, 0.15) is 16.8 Å². The summed E-state index contributed by atoms with van der Waals surface area (Å²) in [6.45, 7) is 3.40. The van der Waals surface area contributed by atoms with Crippen LogP contribution in [0.1, 0.15) is 5.56 Å². The number of anilines is 1. The van der Waals surface area contributed by atoms with Crippen molar-refractivity contribution in [3.8, 4) is 0 Å². The third kappa shape index (κ3) is 1.78. The lowest BCUT2D eigenvalue weighted by Crippen LogP contribution is -1.92. The van der Waals surface area contributed by atoms with Gasteiger partial charge in [-0.25, -0.2) is 9.38 Å². The highest BCUT2D eigenvalue weighted by Crippen LogP contribution is 2.34. The van der Waals surface area contributed by atoms with Gasteiger partial charge in [-0.05, 0) is 18.9 Å². The molecule has 1 aromatic heterocycles. The van der Waals surface area contributed by atoms with Crippen molar-refractivity contribution in [1.29, 1.82) is 5.41 Å². The molecule has 1 aromatic carbocycles. The summed E-state index contributed by atoms with van der Waals surface area (Å²) in [6.07, 6.45) is 0. The van der Waals surface area contributed by atoms with E-state index in [0.29, 0.717) is 28.0 Å². The lowest BCUT2D eigenvalue weighted by molar-refractivity contribution is 0.630. The molecule has 4 nitrogen and oxygen atoms in total. The Morgan fingerprint density at radius 3 is 2.82 bits per heavy atom. The number of nitrogens with one attached hydrogen (secondary N) is 3. The Hall–Kier alpha value is -1.88. The van der Waals surface area contributed by atoms with E-state index < -0.39 is 5.82 Å². The molecule has 0 fully saturated rings. The van der Waals surface area contributed by atoms with E-state index in [1.807, 2.05) is 0 Å². The molecule has 88 valence electrons. The number of nitrogens with zero attached hydrogens (tertiary/aromatic N) is 1. The number of fused-ring (bicyclic) bond motifs is 1. The Morgan fingerprint density at radius 1 is 1.59 bits per heavy atom. The van der Waals surface area contributed by atoms with Crippen LogP contribution in [0.5, 0.6) is 0 Å². The number of hydrogen-bond donors (Lipinski definition) is 3. The van der Waals surface area contributed by atoms with Crippen LogP contribution in [0.4, 0.5) is 15.9 Å². The maximum Gasteiger partial charge on any atom is 0.140 e. The molecule has 0 aliphatic heterocycles. The van der Waals surface area contributed by atoms with Crippen molar-refractivity contribution < 1.29 is 4.39 Å². The number of H-pyrrole nitrogens is 1. The number of aromatic amines is 1. The predicted octanol–water partition coefficient (Wildman–Crippen LogP) is 3.24. The van der Waals surface area contributed by atoms with Gasteiger partial charge in [-0.2, -0.15) is 0 Å². The summed E-state index contributed by atoms with van der Waals surface area (Å²) in [6, 6.07) is 2.67. The standard InChI is InChI=1S/C11H10ClFN4/c1-15-7-4-5(13)3-6-8(10(12)14)11(16-2)17-9(6)7/h3-4,14-15,17H,2H2,1H3. The first-order valence-corrected chi connectivity index (χ1v) is 5.20. The van der Waals surface area contributed by atoms with Gasteiger partial charge in [0.2, 0.25) is 0 Å². The second-order valence-electron chi connectivity index (χ2n) is 3.45. The van der Waals surface area contributed by atoms with E-state index in [0.717, 1.165) is 0 Å². The van der Waals surface area contributed by atoms with E-state index in [-0.39, 0.29) is 5.17 Å². The third-order valence-corrected chi connectivity index (χ3v) is 2.69. The topological polar surface area (TPSA) is 64.0 Å². The van der Waals surface area contributed by atoms with Crippen LogP contribution in [0.2, 0.25) is 0 Å². The van der Waals surface area contributed by atoms with Gasteiger partial charge in [-0.1, -0.05) is 11.6 Å². The van der Waals surface area contributed by atoms with Crippen molar-refractivity contribution >= 4 is 45.9 Å². The molecule has 0 spiro atoms. The largest absolute Gasteiger partial charge is 0.386 e. The second kappa shape index (κ2) is 4.18. The van der Waals surface area contributed by atoms with Crippen molar-refractivity contribution in [3.63, 3.8) is 0 Å². The Bertz CT molecular complexity index is 617. The molecular weight excluding hydrogens is 243 g/mol. The Kier molecular flexibility index (Phi) is 2.85. The molecule has 0 atom stereocenters. The number of benzene rings is 1. The molecule has 1 heterocycles. The van der Waals surface area contributed by atoms with Gasteiger partial charge < -0.3 is 10.3 Å². The Balaban J connectivity index is 2.92. The number of halogens is 2. The van der Waals surface area contributed by atoms with Gasteiger partial charge in [0.05, 0.1) is 16.8 Å². The molecule has 2 rings (SSSR count). The Labute approximate surface area is 102 Å². The molecule has 0 saturated heterocycles. The van der Waals surface area contributed by atoms with E-state index in [2.05, 4.69) is 22.0 Å². The first kappa shape index (κ1) is 11.6. The van der Waals surface area contributed by atoms with Gasteiger partial charge in [0.15, 0.2) is 0 Å². The molecule has 0 radical (unpaired) electrons. The quantitative estimate of drug-likeness (QED) is 0.722. The number of aliphatic imine (C=N–C) groups is 1. The van der Waals surface area contributed by atoms with E-state index in [9.17, 15) is 4.39 Å². The number of hydrogen-bond acceptors (Lipinski definition) is 3. The van der Waals surface area contributed by atoms with Gasteiger partial charge in [0.25, 0.3) is 0 Å². The molecule has 3 N–H and O–H groups in total. The molecule has 0 bridgehead atoms. The average Bonchev–Trinajstić information content (AvgIpc) is 2.65. The number of aromatic nitrogens is 1. The van der Waals surface area contributed by atoms with E-state index in [1.54, 1.807) is 7.05 Å². The minimum absolute atomic E-state index is 0.202. The molecule has 0 unspecified atom stereocenters. The van der Waals surface area contributed by atoms with Crippen LogP contribution < -0.4 is 5.32 Å². The summed E-state index contributed by atoms with van der Waals surface area (Å²) in [5.41, 5.74) is 1.58. The normalized spacial score (nSPS) is 10.5. The van der Waals surface area contributed by atoms with Crippen LogP contribution in [-0.2, 0) is 0 Å².